The monoisotopic (exact) mass is 396 g/mol. The van der Waals surface area contributed by atoms with E-state index in [1.165, 1.54) is 6.33 Å². The second kappa shape index (κ2) is 7.49. The summed E-state index contributed by atoms with van der Waals surface area (Å²) in [4.78, 5) is 3.42. The predicted octanol–water partition coefficient (Wildman–Crippen LogP) is 2.82. The van der Waals surface area contributed by atoms with Gasteiger partial charge in [0.2, 0.25) is 10.0 Å². The lowest BCUT2D eigenvalue weighted by Gasteiger charge is -2.11. The number of benzene rings is 2. The van der Waals surface area contributed by atoms with Crippen LogP contribution in [0.15, 0.2) is 66.1 Å². The van der Waals surface area contributed by atoms with E-state index in [9.17, 15) is 21.6 Å². The average Bonchev–Trinajstić information content (AvgIpc) is 3.14. The third-order valence-corrected chi connectivity index (χ3v) is 5.17. The first-order chi connectivity index (χ1) is 12.7. The molecule has 1 heterocycles. The molecule has 0 aliphatic rings. The fourth-order valence-electron chi connectivity index (χ4n) is 2.37. The summed E-state index contributed by atoms with van der Waals surface area (Å²) in [5, 5.41) is 3.99. The number of nitrogens with zero attached hydrogens (tertiary/aromatic N) is 3. The van der Waals surface area contributed by atoms with Crippen LogP contribution in [0.1, 0.15) is 16.7 Å². The van der Waals surface area contributed by atoms with Crippen LogP contribution in [0, 0.1) is 0 Å². The molecule has 142 valence electrons. The van der Waals surface area contributed by atoms with Crippen LogP contribution in [-0.4, -0.2) is 23.2 Å². The summed E-state index contributed by atoms with van der Waals surface area (Å²) in [5.41, 5.74) is 0.612. The van der Waals surface area contributed by atoms with Crippen molar-refractivity contribution in [3.8, 4) is 0 Å². The molecule has 2 aromatic carbocycles. The molecule has 10 heteroatoms. The second-order valence-corrected chi connectivity index (χ2v) is 7.53. The number of alkyl halides is 3. The number of halogens is 3. The highest BCUT2D eigenvalue weighted by Gasteiger charge is 2.31. The van der Waals surface area contributed by atoms with Gasteiger partial charge in [-0.25, -0.2) is 22.8 Å². The van der Waals surface area contributed by atoms with Crippen molar-refractivity contribution in [2.45, 2.75) is 24.2 Å². The van der Waals surface area contributed by atoms with Crippen LogP contribution in [0.4, 0.5) is 13.2 Å². The maximum Gasteiger partial charge on any atom is 0.416 e. The van der Waals surface area contributed by atoms with Crippen LogP contribution in [0.3, 0.4) is 0 Å². The van der Waals surface area contributed by atoms with Crippen LogP contribution in [0.5, 0.6) is 0 Å². The number of hydrogen-bond acceptors (Lipinski definition) is 4. The predicted molar refractivity (Wildman–Crippen MR) is 91.0 cm³/mol. The fourth-order valence-corrected chi connectivity index (χ4v) is 3.43. The van der Waals surface area contributed by atoms with Gasteiger partial charge in [0.1, 0.15) is 12.7 Å². The van der Waals surface area contributed by atoms with Gasteiger partial charge in [-0.15, -0.1) is 0 Å². The van der Waals surface area contributed by atoms with E-state index in [1.54, 1.807) is 23.1 Å². The Morgan fingerprint density at radius 3 is 2.37 bits per heavy atom. The fraction of sp³-hybridized carbons (Fsp3) is 0.176. The van der Waals surface area contributed by atoms with Crippen LogP contribution >= 0.6 is 0 Å². The summed E-state index contributed by atoms with van der Waals surface area (Å²) in [6, 6.07) is 10.7. The number of rotatable bonds is 6. The van der Waals surface area contributed by atoms with Crippen molar-refractivity contribution < 1.29 is 21.6 Å². The lowest BCUT2D eigenvalue weighted by atomic mass is 10.1. The molecule has 3 aromatic rings. The first-order valence-corrected chi connectivity index (χ1v) is 9.29. The summed E-state index contributed by atoms with van der Waals surface area (Å²) < 4.78 is 66.8. The zero-order valence-electron chi connectivity index (χ0n) is 13.9. The quantitative estimate of drug-likeness (QED) is 0.695. The van der Waals surface area contributed by atoms with E-state index in [1.807, 2.05) is 12.1 Å². The normalized spacial score (nSPS) is 12.3. The van der Waals surface area contributed by atoms with Gasteiger partial charge in [-0.3, -0.25) is 0 Å². The molecule has 0 aliphatic heterocycles. The smallest absolute Gasteiger partial charge is 0.249 e. The lowest BCUT2D eigenvalue weighted by molar-refractivity contribution is -0.137. The maximum atomic E-state index is 12.8. The van der Waals surface area contributed by atoms with Crippen LogP contribution in [-0.2, 0) is 29.3 Å². The highest BCUT2D eigenvalue weighted by Crippen LogP contribution is 2.30. The van der Waals surface area contributed by atoms with Crippen molar-refractivity contribution in [3.63, 3.8) is 0 Å². The van der Waals surface area contributed by atoms with Gasteiger partial charge in [-0.2, -0.15) is 18.3 Å². The molecule has 0 saturated carbocycles. The van der Waals surface area contributed by atoms with Crippen LogP contribution < -0.4 is 4.72 Å². The minimum Gasteiger partial charge on any atom is -0.249 e. The maximum absolute atomic E-state index is 12.8. The van der Waals surface area contributed by atoms with E-state index in [2.05, 4.69) is 14.8 Å². The van der Waals surface area contributed by atoms with Gasteiger partial charge >= 0.3 is 6.18 Å². The second-order valence-electron chi connectivity index (χ2n) is 5.76. The zero-order chi connectivity index (χ0) is 19.5. The first-order valence-electron chi connectivity index (χ1n) is 7.81. The first kappa shape index (κ1) is 19.1. The van der Waals surface area contributed by atoms with E-state index in [0.717, 1.165) is 23.8 Å². The average molecular weight is 396 g/mol. The Labute approximate surface area is 153 Å². The third-order valence-electron chi connectivity index (χ3n) is 3.77. The van der Waals surface area contributed by atoms with Crippen molar-refractivity contribution in [1.29, 1.82) is 0 Å². The molecule has 0 unspecified atom stereocenters. The highest BCUT2D eigenvalue weighted by atomic mass is 32.2. The van der Waals surface area contributed by atoms with E-state index >= 15 is 0 Å². The van der Waals surface area contributed by atoms with Crippen molar-refractivity contribution in [3.05, 3.63) is 77.9 Å². The molecule has 0 radical (unpaired) electrons. The Kier molecular flexibility index (Phi) is 5.29. The van der Waals surface area contributed by atoms with Crippen molar-refractivity contribution in [2.24, 2.45) is 0 Å². The van der Waals surface area contributed by atoms with Gasteiger partial charge < -0.3 is 0 Å². The Balaban J connectivity index is 1.67. The number of nitrogens with one attached hydrogen (secondary N) is 1. The number of aromatic nitrogens is 3. The lowest BCUT2D eigenvalue weighted by Crippen LogP contribution is -2.23. The minimum absolute atomic E-state index is 0.0395. The molecule has 1 N–H and O–H groups in total. The minimum atomic E-state index is -4.61. The molecular formula is C17H15F3N4O2S. The molecule has 0 aliphatic carbocycles. The molecule has 27 heavy (non-hydrogen) atoms. The van der Waals surface area contributed by atoms with Crippen LogP contribution in [0.2, 0.25) is 0 Å². The van der Waals surface area contributed by atoms with Gasteiger partial charge in [-0.05, 0) is 29.3 Å². The third kappa shape index (κ3) is 4.92. The van der Waals surface area contributed by atoms with Crippen molar-refractivity contribution in [2.75, 3.05) is 0 Å². The molecule has 0 atom stereocenters. The van der Waals surface area contributed by atoms with Gasteiger partial charge in [-0.1, -0.05) is 30.3 Å². The van der Waals surface area contributed by atoms with E-state index in [4.69, 9.17) is 0 Å². The summed E-state index contributed by atoms with van der Waals surface area (Å²) in [6.07, 6.45) is -1.60. The molecular weight excluding hydrogens is 381 g/mol. The van der Waals surface area contributed by atoms with Gasteiger partial charge in [0, 0.05) is 6.54 Å². The number of sulfonamides is 1. The topological polar surface area (TPSA) is 76.9 Å². The molecule has 0 fully saturated rings. The van der Waals surface area contributed by atoms with E-state index < -0.39 is 26.7 Å². The zero-order valence-corrected chi connectivity index (χ0v) is 14.7. The van der Waals surface area contributed by atoms with E-state index in [-0.39, 0.29) is 6.54 Å². The van der Waals surface area contributed by atoms with Gasteiger partial charge in [0.25, 0.3) is 0 Å². The molecule has 0 bridgehead atoms. The largest absolute Gasteiger partial charge is 0.416 e. The molecule has 1 aromatic heterocycles. The Hall–Kier alpha value is -2.72. The molecule has 0 amide bonds. The van der Waals surface area contributed by atoms with Crippen molar-refractivity contribution in [1.82, 2.24) is 19.5 Å². The van der Waals surface area contributed by atoms with E-state index in [0.29, 0.717) is 18.2 Å². The van der Waals surface area contributed by atoms with Gasteiger partial charge in [0.15, 0.2) is 0 Å². The molecule has 0 saturated heterocycles. The molecule has 6 nitrogen and oxygen atoms in total. The number of hydrogen-bond donors (Lipinski definition) is 1. The summed E-state index contributed by atoms with van der Waals surface area (Å²) in [7, 11) is -4.06. The summed E-state index contributed by atoms with van der Waals surface area (Å²) in [5.74, 6) is 0. The molecule has 0 spiro atoms. The Morgan fingerprint density at radius 2 is 1.74 bits per heavy atom. The van der Waals surface area contributed by atoms with Crippen molar-refractivity contribution >= 4 is 10.0 Å². The summed E-state index contributed by atoms with van der Waals surface area (Å²) in [6.45, 7) is 0.485. The standard InChI is InChI=1S/C17H15F3N4O2S/c18-17(19,20)15-2-1-3-16(8-15)27(25,26)23-9-13-4-6-14(7-5-13)10-24-12-21-11-22-24/h1-8,11-12,23H,9-10H2. The van der Waals surface area contributed by atoms with Gasteiger partial charge in [0.05, 0.1) is 17.0 Å². The Morgan fingerprint density at radius 1 is 1.04 bits per heavy atom. The Bertz CT molecular complexity index is 1000. The highest BCUT2D eigenvalue weighted by molar-refractivity contribution is 7.89. The summed E-state index contributed by atoms with van der Waals surface area (Å²) >= 11 is 0. The molecule has 3 rings (SSSR count). The van der Waals surface area contributed by atoms with Crippen LogP contribution in [0.25, 0.3) is 0 Å². The SMILES string of the molecule is O=S(=O)(NCc1ccc(Cn2cncn2)cc1)c1cccc(C(F)(F)F)c1.